The van der Waals surface area contributed by atoms with Gasteiger partial charge in [-0.15, -0.1) is 0 Å². The summed E-state index contributed by atoms with van der Waals surface area (Å²) >= 11 is 0. The van der Waals surface area contributed by atoms with Crippen LogP contribution >= 0.6 is 0 Å². The van der Waals surface area contributed by atoms with Crippen LogP contribution in [-0.4, -0.2) is 21.3 Å². The molecule has 0 saturated heterocycles. The Labute approximate surface area is 80.7 Å². The summed E-state index contributed by atoms with van der Waals surface area (Å²) in [6, 6.07) is 8.41. The second-order valence-corrected chi connectivity index (χ2v) is 3.06. The summed E-state index contributed by atoms with van der Waals surface area (Å²) in [6.45, 7) is 0. The van der Waals surface area contributed by atoms with Gasteiger partial charge in [0.25, 0.3) is 0 Å². The molecule has 1 aliphatic rings. The van der Waals surface area contributed by atoms with Crippen molar-refractivity contribution in [3.63, 3.8) is 0 Å². The van der Waals surface area contributed by atoms with Crippen molar-refractivity contribution in [1.82, 2.24) is 5.06 Å². The fourth-order valence-corrected chi connectivity index (χ4v) is 1.42. The maximum atomic E-state index is 11.0. The Morgan fingerprint density at radius 3 is 2.36 bits per heavy atom. The number of benzene rings is 1. The molecule has 0 bridgehead atoms. The zero-order chi connectivity index (χ0) is 10.1. The molecule has 1 atom stereocenters. The van der Waals surface area contributed by atoms with Crippen molar-refractivity contribution in [3.05, 3.63) is 47.7 Å². The maximum Gasteiger partial charge on any atom is 0.312 e. The third-order valence-corrected chi connectivity index (χ3v) is 2.15. The third-order valence-electron chi connectivity index (χ3n) is 2.15. The highest BCUT2D eigenvalue weighted by Gasteiger charge is 2.32. The van der Waals surface area contributed by atoms with Crippen LogP contribution < -0.4 is 0 Å². The van der Waals surface area contributed by atoms with E-state index in [1.54, 1.807) is 24.3 Å². The number of aliphatic hydroxyl groups excluding tert-OH is 1. The van der Waals surface area contributed by atoms with Gasteiger partial charge >= 0.3 is 5.91 Å². The Hall–Kier alpha value is -1.81. The van der Waals surface area contributed by atoms with Crippen LogP contribution in [0.1, 0.15) is 11.6 Å². The number of aliphatic hydroxyl groups is 1. The van der Waals surface area contributed by atoms with Crippen molar-refractivity contribution in [1.29, 1.82) is 0 Å². The number of nitrogens with zero attached hydrogens (tertiary/aromatic N) is 1. The Morgan fingerprint density at radius 2 is 1.86 bits per heavy atom. The molecule has 1 aliphatic heterocycles. The first kappa shape index (κ1) is 8.77. The Morgan fingerprint density at radius 1 is 1.21 bits per heavy atom. The molecule has 1 amide bonds. The van der Waals surface area contributed by atoms with E-state index in [4.69, 9.17) is 5.11 Å². The molecule has 0 spiro atoms. The molecule has 0 saturated carbocycles. The van der Waals surface area contributed by atoms with E-state index < -0.39 is 17.7 Å². The van der Waals surface area contributed by atoms with Crippen molar-refractivity contribution < 1.29 is 15.1 Å². The van der Waals surface area contributed by atoms with Gasteiger partial charge < -0.3 is 5.11 Å². The molecular weight excluding hydrogens is 182 g/mol. The number of rotatable bonds is 1. The Bertz CT molecular complexity index is 386. The van der Waals surface area contributed by atoms with Gasteiger partial charge in [-0.2, -0.15) is 0 Å². The Balaban J connectivity index is 2.34. The maximum absolute atomic E-state index is 11.0. The van der Waals surface area contributed by atoms with Crippen LogP contribution in [0.25, 0.3) is 0 Å². The summed E-state index contributed by atoms with van der Waals surface area (Å²) in [4.78, 5) is 11.0. The second kappa shape index (κ2) is 3.16. The first-order valence-corrected chi connectivity index (χ1v) is 4.18. The number of hydroxylamine groups is 2. The average molecular weight is 191 g/mol. The Kier molecular flexibility index (Phi) is 1.98. The van der Waals surface area contributed by atoms with Crippen LogP contribution in [0.15, 0.2) is 42.2 Å². The fraction of sp³-hybridized carbons (Fsp3) is 0.100. The number of amides is 1. The number of hydrogen-bond donors (Lipinski definition) is 2. The molecule has 4 nitrogen and oxygen atoms in total. The predicted octanol–water partition coefficient (Wildman–Crippen LogP) is 1.40. The van der Waals surface area contributed by atoms with E-state index in [0.29, 0.717) is 5.06 Å². The van der Waals surface area contributed by atoms with Gasteiger partial charge in [-0.25, -0.2) is 5.06 Å². The summed E-state index contributed by atoms with van der Waals surface area (Å²) in [5, 5.41) is 19.0. The quantitative estimate of drug-likeness (QED) is 0.659. The molecule has 2 N–H and O–H groups in total. The first-order chi connectivity index (χ1) is 6.70. The van der Waals surface area contributed by atoms with Crippen LogP contribution in [0.4, 0.5) is 0 Å². The predicted molar refractivity (Wildman–Crippen MR) is 48.5 cm³/mol. The third kappa shape index (κ3) is 1.25. The van der Waals surface area contributed by atoms with Crippen molar-refractivity contribution in [2.75, 3.05) is 0 Å². The highest BCUT2D eigenvalue weighted by Crippen LogP contribution is 2.27. The van der Waals surface area contributed by atoms with E-state index in [9.17, 15) is 10.0 Å². The summed E-state index contributed by atoms with van der Waals surface area (Å²) < 4.78 is 0. The van der Waals surface area contributed by atoms with E-state index in [1.165, 1.54) is 6.08 Å². The summed E-state index contributed by atoms with van der Waals surface area (Å²) in [6.07, 6.45) is 1.32. The molecule has 4 heteroatoms. The van der Waals surface area contributed by atoms with Crippen molar-refractivity contribution in [2.24, 2.45) is 0 Å². The lowest BCUT2D eigenvalue weighted by Crippen LogP contribution is -2.25. The average Bonchev–Trinajstić information content (AvgIpc) is 2.47. The zero-order valence-corrected chi connectivity index (χ0v) is 7.29. The number of carbonyl (C=O) groups excluding carboxylic acids is 1. The summed E-state index contributed by atoms with van der Waals surface area (Å²) in [5.41, 5.74) is 0.757. The molecule has 72 valence electrons. The van der Waals surface area contributed by atoms with Gasteiger partial charge in [0.1, 0.15) is 6.04 Å². The lowest BCUT2D eigenvalue weighted by atomic mass is 10.1. The van der Waals surface area contributed by atoms with E-state index in [1.807, 2.05) is 6.07 Å². The van der Waals surface area contributed by atoms with Crippen molar-refractivity contribution in [2.45, 2.75) is 6.04 Å². The molecule has 2 rings (SSSR count). The van der Waals surface area contributed by atoms with Gasteiger partial charge in [-0.3, -0.25) is 10.0 Å². The van der Waals surface area contributed by atoms with Crippen LogP contribution in [0.2, 0.25) is 0 Å². The lowest BCUT2D eigenvalue weighted by Gasteiger charge is -2.16. The van der Waals surface area contributed by atoms with Crippen molar-refractivity contribution >= 4 is 5.91 Å². The standard InChI is InChI=1S/C10H9NO3/c12-9-6-8(11(14)10(9)13)7-4-2-1-3-5-7/h1-6,8,12,14H. The smallest absolute Gasteiger partial charge is 0.312 e. The molecule has 0 aliphatic carbocycles. The second-order valence-electron chi connectivity index (χ2n) is 3.06. The molecule has 1 aromatic carbocycles. The minimum Gasteiger partial charge on any atom is -0.503 e. The zero-order valence-electron chi connectivity index (χ0n) is 7.29. The molecule has 1 unspecified atom stereocenters. The largest absolute Gasteiger partial charge is 0.503 e. The lowest BCUT2D eigenvalue weighted by molar-refractivity contribution is -0.165. The van der Waals surface area contributed by atoms with Gasteiger partial charge in [-0.1, -0.05) is 30.3 Å². The molecule has 1 aromatic rings. The normalized spacial score (nSPS) is 21.2. The van der Waals surface area contributed by atoms with Gasteiger partial charge in [-0.05, 0) is 11.6 Å². The topological polar surface area (TPSA) is 60.8 Å². The van der Waals surface area contributed by atoms with Crippen LogP contribution in [-0.2, 0) is 4.79 Å². The highest BCUT2D eigenvalue weighted by atomic mass is 16.5. The highest BCUT2D eigenvalue weighted by molar-refractivity contribution is 5.93. The fourth-order valence-electron chi connectivity index (χ4n) is 1.42. The first-order valence-electron chi connectivity index (χ1n) is 4.18. The van der Waals surface area contributed by atoms with Crippen LogP contribution in [0.5, 0.6) is 0 Å². The van der Waals surface area contributed by atoms with E-state index in [2.05, 4.69) is 0 Å². The van der Waals surface area contributed by atoms with E-state index in [0.717, 1.165) is 5.56 Å². The molecular formula is C10H9NO3. The van der Waals surface area contributed by atoms with Crippen molar-refractivity contribution in [3.8, 4) is 0 Å². The van der Waals surface area contributed by atoms with Gasteiger partial charge in [0, 0.05) is 0 Å². The molecule has 0 radical (unpaired) electrons. The summed E-state index contributed by atoms with van der Waals surface area (Å²) in [5.74, 6) is -1.18. The molecule has 14 heavy (non-hydrogen) atoms. The van der Waals surface area contributed by atoms with Gasteiger partial charge in [0.15, 0.2) is 5.76 Å². The molecule has 0 fully saturated rings. The number of carbonyl (C=O) groups is 1. The van der Waals surface area contributed by atoms with E-state index in [-0.39, 0.29) is 0 Å². The van der Waals surface area contributed by atoms with Gasteiger partial charge in [0.05, 0.1) is 0 Å². The monoisotopic (exact) mass is 191 g/mol. The van der Waals surface area contributed by atoms with Gasteiger partial charge in [0.2, 0.25) is 0 Å². The minimum atomic E-state index is -0.765. The SMILES string of the molecule is O=C1C(O)=CC(c2ccccc2)N1O. The summed E-state index contributed by atoms with van der Waals surface area (Å²) in [7, 11) is 0. The molecule has 0 aromatic heterocycles. The number of hydrogen-bond acceptors (Lipinski definition) is 3. The minimum absolute atomic E-state index is 0.415. The molecule has 1 heterocycles. The van der Waals surface area contributed by atoms with E-state index >= 15 is 0 Å². The van der Waals surface area contributed by atoms with Crippen LogP contribution in [0, 0.1) is 0 Å². The van der Waals surface area contributed by atoms with Crippen LogP contribution in [0.3, 0.4) is 0 Å².